The molecule has 2 N–H and O–H groups in total. The second-order valence-corrected chi connectivity index (χ2v) is 7.18. The van der Waals surface area contributed by atoms with Gasteiger partial charge in [0.2, 0.25) is 5.88 Å². The van der Waals surface area contributed by atoms with Crippen LogP contribution in [0.2, 0.25) is 0 Å². The minimum atomic E-state index is -1.04. The summed E-state index contributed by atoms with van der Waals surface area (Å²) in [6, 6.07) is 1.77. The number of Topliss-reactive ketones (excluding diaryl/α,β-unsaturated/α-hetero) is 1. The smallest absolute Gasteiger partial charge is 0.344 e. The maximum absolute atomic E-state index is 12.6. The quantitative estimate of drug-likeness (QED) is 0.231. The van der Waals surface area contributed by atoms with Crippen molar-refractivity contribution in [3.8, 4) is 5.88 Å². The van der Waals surface area contributed by atoms with Crippen LogP contribution in [0.15, 0.2) is 12.3 Å². The Labute approximate surface area is 176 Å². The molecule has 0 bridgehead atoms. The van der Waals surface area contributed by atoms with E-state index in [0.29, 0.717) is 17.6 Å². The first-order valence-electron chi connectivity index (χ1n) is 10.5. The minimum Gasteiger partial charge on any atom is -0.465 e. The third-order valence-corrected chi connectivity index (χ3v) is 5.02. The van der Waals surface area contributed by atoms with Crippen molar-refractivity contribution in [3.05, 3.63) is 23.5 Å². The van der Waals surface area contributed by atoms with Crippen molar-refractivity contribution in [1.29, 1.82) is 0 Å². The van der Waals surface area contributed by atoms with Crippen molar-refractivity contribution in [1.82, 2.24) is 9.55 Å². The summed E-state index contributed by atoms with van der Waals surface area (Å²) in [5.74, 6) is -2.28. The number of ketones is 1. The van der Waals surface area contributed by atoms with Crippen molar-refractivity contribution in [2.75, 3.05) is 13.2 Å². The van der Waals surface area contributed by atoms with Gasteiger partial charge in [0.05, 0.1) is 23.1 Å². The number of rotatable bonds is 13. The number of carbonyl (C=O) groups excluding carboxylic acids is 3. The van der Waals surface area contributed by atoms with E-state index in [2.05, 4.69) is 11.9 Å². The van der Waals surface area contributed by atoms with Crippen molar-refractivity contribution >= 4 is 28.6 Å². The van der Waals surface area contributed by atoms with Gasteiger partial charge >= 0.3 is 5.97 Å². The normalized spacial score (nSPS) is 10.9. The first-order chi connectivity index (χ1) is 14.4. The fraction of sp³-hybridized carbons (Fsp3) is 0.545. The van der Waals surface area contributed by atoms with Gasteiger partial charge in [-0.1, -0.05) is 39.0 Å². The lowest BCUT2D eigenvalue weighted by Gasteiger charge is -2.09. The number of esters is 1. The number of aromatic nitrogens is 2. The molecule has 30 heavy (non-hydrogen) atoms. The standard InChI is InChI=1S/C22H31N3O5/c1-4-6-7-8-9-10-13-25-15(3)18(20(27)21(23)28)19-16(25)11-12-24-22(19)30-14-17(26)29-5-2/h11-12H,4-10,13-14H2,1-3H3,(H2,23,28). The van der Waals surface area contributed by atoms with Gasteiger partial charge in [-0.3, -0.25) is 9.59 Å². The highest BCUT2D eigenvalue weighted by Gasteiger charge is 2.26. The Morgan fingerprint density at radius 3 is 2.47 bits per heavy atom. The van der Waals surface area contributed by atoms with Crippen LogP contribution in [0.1, 0.15) is 68.4 Å². The lowest BCUT2D eigenvalue weighted by molar-refractivity contribution is -0.145. The number of fused-ring (bicyclic) bond motifs is 1. The fourth-order valence-corrected chi connectivity index (χ4v) is 3.57. The van der Waals surface area contributed by atoms with Gasteiger partial charge in [0.15, 0.2) is 6.61 Å². The summed E-state index contributed by atoms with van der Waals surface area (Å²) < 4.78 is 12.4. The van der Waals surface area contributed by atoms with E-state index in [4.69, 9.17) is 15.2 Å². The van der Waals surface area contributed by atoms with Gasteiger partial charge in [0, 0.05) is 18.4 Å². The highest BCUT2D eigenvalue weighted by atomic mass is 16.6. The summed E-state index contributed by atoms with van der Waals surface area (Å²) in [7, 11) is 0. The predicted octanol–water partition coefficient (Wildman–Crippen LogP) is 3.32. The van der Waals surface area contributed by atoms with Crippen molar-refractivity contribution in [2.24, 2.45) is 5.73 Å². The highest BCUT2D eigenvalue weighted by molar-refractivity contribution is 6.45. The summed E-state index contributed by atoms with van der Waals surface area (Å²) >= 11 is 0. The van der Waals surface area contributed by atoms with Crippen LogP contribution < -0.4 is 10.5 Å². The van der Waals surface area contributed by atoms with Gasteiger partial charge in [-0.25, -0.2) is 9.78 Å². The molecular weight excluding hydrogens is 386 g/mol. The third kappa shape index (κ3) is 5.58. The van der Waals surface area contributed by atoms with E-state index in [-0.39, 0.29) is 24.7 Å². The Morgan fingerprint density at radius 2 is 1.80 bits per heavy atom. The second-order valence-electron chi connectivity index (χ2n) is 7.18. The molecule has 0 unspecified atom stereocenters. The van der Waals surface area contributed by atoms with Crippen LogP contribution in [0.25, 0.3) is 10.9 Å². The number of pyridine rings is 1. The third-order valence-electron chi connectivity index (χ3n) is 5.02. The maximum Gasteiger partial charge on any atom is 0.344 e. The van der Waals surface area contributed by atoms with Gasteiger partial charge < -0.3 is 19.8 Å². The molecule has 2 aromatic heterocycles. The summed E-state index contributed by atoms with van der Waals surface area (Å²) in [5, 5.41) is 0.397. The Morgan fingerprint density at radius 1 is 1.10 bits per heavy atom. The first-order valence-corrected chi connectivity index (χ1v) is 10.5. The van der Waals surface area contributed by atoms with E-state index in [0.717, 1.165) is 24.8 Å². The molecule has 2 heterocycles. The molecule has 0 aliphatic rings. The number of aryl methyl sites for hydroxylation is 1. The summed E-state index contributed by atoms with van der Waals surface area (Å²) in [5.41, 5.74) is 6.82. The Bertz CT molecular complexity index is 904. The Balaban J connectivity index is 2.36. The van der Waals surface area contributed by atoms with Gasteiger partial charge in [-0.05, 0) is 26.3 Å². The molecule has 0 saturated carbocycles. The predicted molar refractivity (Wildman–Crippen MR) is 113 cm³/mol. The number of amides is 1. The van der Waals surface area contributed by atoms with Gasteiger partial charge in [0.1, 0.15) is 0 Å². The molecule has 0 atom stereocenters. The summed E-state index contributed by atoms with van der Waals surface area (Å²) in [4.78, 5) is 40.1. The molecule has 0 spiro atoms. The zero-order valence-corrected chi connectivity index (χ0v) is 18.0. The molecule has 164 valence electrons. The number of primary amides is 1. The lowest BCUT2D eigenvalue weighted by atomic mass is 10.1. The molecule has 0 aliphatic heterocycles. The number of nitrogens with two attached hydrogens (primary N) is 1. The van der Waals surface area contributed by atoms with Crippen molar-refractivity contribution in [2.45, 2.75) is 65.8 Å². The summed E-state index contributed by atoms with van der Waals surface area (Å²) in [6.07, 6.45) is 8.38. The number of ether oxygens (including phenoxy) is 2. The van der Waals surface area contributed by atoms with Crippen LogP contribution in [-0.2, 0) is 20.9 Å². The van der Waals surface area contributed by atoms with E-state index >= 15 is 0 Å². The van der Waals surface area contributed by atoms with E-state index in [9.17, 15) is 14.4 Å². The van der Waals surface area contributed by atoms with Crippen LogP contribution in [0.5, 0.6) is 5.88 Å². The van der Waals surface area contributed by atoms with Gasteiger partial charge in [0.25, 0.3) is 11.7 Å². The SMILES string of the molecule is CCCCCCCCn1c(C)c(C(=O)C(N)=O)c2c(OCC(=O)OCC)nccc21. The van der Waals surface area contributed by atoms with E-state index in [1.807, 2.05) is 4.57 Å². The molecule has 0 aromatic carbocycles. The highest BCUT2D eigenvalue weighted by Crippen LogP contribution is 2.33. The zero-order valence-electron chi connectivity index (χ0n) is 18.0. The minimum absolute atomic E-state index is 0.106. The van der Waals surface area contributed by atoms with E-state index in [1.54, 1.807) is 26.1 Å². The molecule has 0 aliphatic carbocycles. The molecule has 2 rings (SSSR count). The molecule has 8 heteroatoms. The van der Waals surface area contributed by atoms with E-state index in [1.165, 1.54) is 19.3 Å². The van der Waals surface area contributed by atoms with Crippen molar-refractivity contribution < 1.29 is 23.9 Å². The second kappa shape index (κ2) is 11.3. The zero-order chi connectivity index (χ0) is 22.1. The Kier molecular flexibility index (Phi) is 8.83. The number of nitrogens with zero attached hydrogens (tertiary/aromatic N) is 2. The largest absolute Gasteiger partial charge is 0.465 e. The monoisotopic (exact) mass is 417 g/mol. The maximum atomic E-state index is 12.6. The number of unbranched alkanes of at least 4 members (excludes halogenated alkanes) is 5. The lowest BCUT2D eigenvalue weighted by Crippen LogP contribution is -2.24. The average molecular weight is 418 g/mol. The number of hydrogen-bond acceptors (Lipinski definition) is 6. The van der Waals surface area contributed by atoms with Crippen LogP contribution in [0.4, 0.5) is 0 Å². The van der Waals surface area contributed by atoms with Gasteiger partial charge in [-0.2, -0.15) is 0 Å². The van der Waals surface area contributed by atoms with Crippen molar-refractivity contribution in [3.63, 3.8) is 0 Å². The van der Waals surface area contributed by atoms with E-state index < -0.39 is 17.7 Å². The summed E-state index contributed by atoms with van der Waals surface area (Å²) in [6.45, 7) is 6.25. The fourth-order valence-electron chi connectivity index (χ4n) is 3.57. The average Bonchev–Trinajstić information content (AvgIpc) is 3.00. The Hall–Kier alpha value is -2.90. The van der Waals surface area contributed by atoms with Crippen LogP contribution in [-0.4, -0.2) is 40.4 Å². The molecule has 8 nitrogen and oxygen atoms in total. The molecule has 2 aromatic rings. The number of carbonyl (C=O) groups is 3. The topological polar surface area (TPSA) is 114 Å². The van der Waals surface area contributed by atoms with Crippen LogP contribution >= 0.6 is 0 Å². The van der Waals surface area contributed by atoms with Gasteiger partial charge in [-0.15, -0.1) is 0 Å². The number of hydrogen-bond donors (Lipinski definition) is 1. The molecule has 1 amide bonds. The molecule has 0 saturated heterocycles. The van der Waals surface area contributed by atoms with Crippen LogP contribution in [0.3, 0.4) is 0 Å². The molecule has 0 fully saturated rings. The van der Waals surface area contributed by atoms with Crippen LogP contribution in [0, 0.1) is 6.92 Å². The first kappa shape index (κ1) is 23.4. The molecular formula is C22H31N3O5. The molecule has 0 radical (unpaired) electrons.